The Morgan fingerprint density at radius 2 is 1.96 bits per heavy atom. The summed E-state index contributed by atoms with van der Waals surface area (Å²) in [6.07, 6.45) is 1.17. The van der Waals surface area contributed by atoms with Crippen LogP contribution in [0.5, 0.6) is 0 Å². The minimum atomic E-state index is -3.13. The van der Waals surface area contributed by atoms with E-state index in [0.29, 0.717) is 12.4 Å². The van der Waals surface area contributed by atoms with Gasteiger partial charge in [-0.1, -0.05) is 12.1 Å². The van der Waals surface area contributed by atoms with E-state index in [4.69, 9.17) is 0 Å². The van der Waals surface area contributed by atoms with Crippen LogP contribution in [0.4, 0.5) is 13.2 Å². The van der Waals surface area contributed by atoms with Crippen LogP contribution in [0.15, 0.2) is 52.4 Å². The summed E-state index contributed by atoms with van der Waals surface area (Å²) in [4.78, 5) is 16.8. The lowest BCUT2D eigenvalue weighted by Gasteiger charge is -2.18. The first-order valence-corrected chi connectivity index (χ1v) is 9.02. The summed E-state index contributed by atoms with van der Waals surface area (Å²) >= 11 is -2.04. The summed E-state index contributed by atoms with van der Waals surface area (Å²) in [5, 5.41) is 0.290. The van der Waals surface area contributed by atoms with Crippen molar-refractivity contribution in [3.05, 3.63) is 64.5 Å². The number of nitrogens with zero attached hydrogens (tertiary/aromatic N) is 2. The second-order valence-corrected chi connectivity index (χ2v) is 7.49. The van der Waals surface area contributed by atoms with Gasteiger partial charge in [-0.25, -0.2) is 18.2 Å². The van der Waals surface area contributed by atoms with Gasteiger partial charge in [0.15, 0.2) is 10.6 Å². The Hall–Kier alpha value is -2.32. The van der Waals surface area contributed by atoms with Crippen molar-refractivity contribution in [1.82, 2.24) is 9.55 Å². The molecule has 1 heterocycles. The minimum Gasteiger partial charge on any atom is -0.611 e. The fraction of sp³-hybridized carbons (Fsp3) is 0.222. The molecule has 1 atom stereocenters. The summed E-state index contributed by atoms with van der Waals surface area (Å²) < 4.78 is 54.1. The number of rotatable bonds is 4. The molecule has 8 heteroatoms. The second-order valence-electron chi connectivity index (χ2n) is 6.07. The van der Waals surface area contributed by atoms with E-state index in [9.17, 15) is 22.5 Å². The second kappa shape index (κ2) is 6.77. The van der Waals surface area contributed by atoms with Crippen molar-refractivity contribution in [1.29, 1.82) is 0 Å². The van der Waals surface area contributed by atoms with Gasteiger partial charge in [0.1, 0.15) is 12.1 Å². The molecule has 3 rings (SSSR count). The first kappa shape index (κ1) is 18.5. The van der Waals surface area contributed by atoms with Crippen LogP contribution in [0.3, 0.4) is 0 Å². The van der Waals surface area contributed by atoms with Crippen molar-refractivity contribution in [2.45, 2.75) is 24.7 Å². The third-order valence-corrected chi connectivity index (χ3v) is 5.50. The lowest BCUT2D eigenvalue weighted by Crippen LogP contribution is -2.25. The monoisotopic (exact) mass is 380 g/mol. The van der Waals surface area contributed by atoms with Crippen LogP contribution in [0.1, 0.15) is 12.5 Å². The number of benzene rings is 2. The van der Waals surface area contributed by atoms with Crippen molar-refractivity contribution in [2.24, 2.45) is 0 Å². The minimum absolute atomic E-state index is 0.0583. The smallest absolute Gasteiger partial charge is 0.289 e. The Labute approximate surface area is 150 Å². The molecule has 1 aromatic heterocycles. The molecule has 0 radical (unpaired) electrons. The van der Waals surface area contributed by atoms with Gasteiger partial charge >= 0.3 is 0 Å². The zero-order valence-electron chi connectivity index (χ0n) is 14.0. The number of para-hydroxylation sites is 1. The first-order valence-electron chi connectivity index (χ1n) is 7.70. The first-order chi connectivity index (χ1) is 12.2. The van der Waals surface area contributed by atoms with Gasteiger partial charge in [0.25, 0.3) is 11.5 Å². The van der Waals surface area contributed by atoms with Gasteiger partial charge in [-0.3, -0.25) is 9.36 Å². The van der Waals surface area contributed by atoms with Gasteiger partial charge in [-0.05, 0) is 36.3 Å². The molecule has 0 N–H and O–H groups in total. The number of aryl methyl sites for hydroxylation is 1. The molecule has 0 bridgehead atoms. The maximum absolute atomic E-state index is 14.5. The van der Waals surface area contributed by atoms with Crippen LogP contribution < -0.4 is 5.56 Å². The molecule has 2 aromatic carbocycles. The van der Waals surface area contributed by atoms with Crippen molar-refractivity contribution >= 4 is 22.1 Å². The van der Waals surface area contributed by atoms with Gasteiger partial charge in [0.05, 0.1) is 16.6 Å². The Balaban J connectivity index is 2.16. The lowest BCUT2D eigenvalue weighted by atomic mass is 10.2. The van der Waals surface area contributed by atoms with E-state index in [0.717, 1.165) is 10.6 Å². The maximum Gasteiger partial charge on any atom is 0.289 e. The van der Waals surface area contributed by atoms with Gasteiger partial charge in [-0.15, -0.1) is 0 Å². The highest BCUT2D eigenvalue weighted by molar-refractivity contribution is 7.91. The topological polar surface area (TPSA) is 58.0 Å². The highest BCUT2D eigenvalue weighted by Gasteiger charge is 2.31. The summed E-state index contributed by atoms with van der Waals surface area (Å²) in [6.45, 7) is 2.15. The molecular weight excluding hydrogens is 365 g/mol. The molecule has 0 saturated heterocycles. The van der Waals surface area contributed by atoms with Crippen LogP contribution in [0.25, 0.3) is 16.6 Å². The van der Waals surface area contributed by atoms with Crippen LogP contribution in [0.2, 0.25) is 0 Å². The average Bonchev–Trinajstić information content (AvgIpc) is 2.54. The third-order valence-electron chi connectivity index (χ3n) is 3.80. The van der Waals surface area contributed by atoms with Gasteiger partial charge < -0.3 is 4.55 Å². The van der Waals surface area contributed by atoms with Crippen molar-refractivity contribution in [3.63, 3.8) is 0 Å². The van der Waals surface area contributed by atoms with Crippen LogP contribution in [-0.4, -0.2) is 25.8 Å². The Morgan fingerprint density at radius 1 is 1.27 bits per heavy atom. The van der Waals surface area contributed by atoms with Crippen molar-refractivity contribution in [3.8, 4) is 5.69 Å². The molecule has 3 aromatic rings. The lowest BCUT2D eigenvalue weighted by molar-refractivity contribution is 0.0473. The molecule has 0 spiro atoms. The summed E-state index contributed by atoms with van der Waals surface area (Å²) in [5.74, 6) is -4.75. The number of fused-ring (bicyclic) bond motifs is 1. The number of halogens is 3. The number of hydrogen-bond acceptors (Lipinski definition) is 3. The Kier molecular flexibility index (Phi) is 4.81. The number of aromatic nitrogens is 2. The predicted molar refractivity (Wildman–Crippen MR) is 93.9 cm³/mol. The van der Waals surface area contributed by atoms with E-state index in [1.54, 1.807) is 24.3 Å². The molecule has 0 saturated carbocycles. The van der Waals surface area contributed by atoms with Crippen molar-refractivity contribution in [2.75, 3.05) is 5.75 Å². The largest absolute Gasteiger partial charge is 0.611 e. The molecule has 0 aliphatic heterocycles. The molecule has 0 aliphatic carbocycles. The zero-order chi connectivity index (χ0) is 19.1. The number of hydrogen-bond donors (Lipinski definition) is 0. The quantitative estimate of drug-likeness (QED) is 0.650. The van der Waals surface area contributed by atoms with E-state index in [2.05, 4.69) is 4.98 Å². The molecule has 0 amide bonds. The van der Waals surface area contributed by atoms with Gasteiger partial charge in [0.2, 0.25) is 0 Å². The van der Waals surface area contributed by atoms with Gasteiger partial charge in [0, 0.05) is 18.6 Å². The normalized spacial score (nSPS) is 13.2. The molecule has 0 aliphatic rings. The number of alkyl halides is 2. The zero-order valence-corrected chi connectivity index (χ0v) is 14.8. The van der Waals surface area contributed by atoms with E-state index in [1.807, 2.05) is 0 Å². The predicted octanol–water partition coefficient (Wildman–Crippen LogP) is 3.60. The maximum atomic E-state index is 14.5. The van der Waals surface area contributed by atoms with Gasteiger partial charge in [-0.2, -0.15) is 0 Å². The summed E-state index contributed by atoms with van der Waals surface area (Å²) in [6, 6.07) is 8.84. The third kappa shape index (κ3) is 3.61. The van der Waals surface area contributed by atoms with Crippen LogP contribution in [0, 0.1) is 12.7 Å². The van der Waals surface area contributed by atoms with Crippen molar-refractivity contribution < 1.29 is 17.7 Å². The molecule has 4 nitrogen and oxygen atoms in total. The Bertz CT molecular complexity index is 1030. The van der Waals surface area contributed by atoms with E-state index < -0.39 is 34.2 Å². The summed E-state index contributed by atoms with van der Waals surface area (Å²) in [5.41, 5.74) is 0.0452. The van der Waals surface area contributed by atoms with E-state index in [1.165, 1.54) is 19.3 Å². The molecule has 136 valence electrons. The SMILES string of the molecule is Cc1cc(F)c(-n2cnc3ccccc3c2=O)cc1[S@+]([O-])CC(C)(F)F. The van der Waals surface area contributed by atoms with E-state index in [-0.39, 0.29) is 21.5 Å². The van der Waals surface area contributed by atoms with Crippen LogP contribution >= 0.6 is 0 Å². The van der Waals surface area contributed by atoms with E-state index >= 15 is 0 Å². The van der Waals surface area contributed by atoms with Crippen LogP contribution in [-0.2, 0) is 11.2 Å². The highest BCUT2D eigenvalue weighted by atomic mass is 32.2. The highest BCUT2D eigenvalue weighted by Crippen LogP contribution is 2.27. The fourth-order valence-corrected chi connectivity index (χ4v) is 3.90. The molecule has 0 unspecified atom stereocenters. The fourth-order valence-electron chi connectivity index (χ4n) is 2.62. The molecule has 26 heavy (non-hydrogen) atoms. The molecular formula is C18H15F3N2O2S. The Morgan fingerprint density at radius 3 is 2.65 bits per heavy atom. The average molecular weight is 380 g/mol. The molecule has 0 fully saturated rings. The summed E-state index contributed by atoms with van der Waals surface area (Å²) in [7, 11) is 0. The standard InChI is InChI=1S/C18H15F3N2O2S/c1-11-7-13(19)15(8-16(11)26(25)9-18(2,20)21)23-10-22-14-6-4-3-5-12(14)17(23)24/h3-8,10H,9H2,1-2H3/t26-/m1/s1.